The average molecular weight is 462 g/mol. The van der Waals surface area contributed by atoms with Gasteiger partial charge in [-0.05, 0) is 32.2 Å². The zero-order valence-corrected chi connectivity index (χ0v) is 18.1. The first-order valence-corrected chi connectivity index (χ1v) is 10.7. The van der Waals surface area contributed by atoms with Crippen LogP contribution in [0.1, 0.15) is 38.5 Å². The molecule has 1 aliphatic heterocycles. The highest BCUT2D eigenvalue weighted by Gasteiger charge is 2.39. The Bertz CT molecular complexity index is 678. The zero-order chi connectivity index (χ0) is 23.6. The Morgan fingerprint density at radius 2 is 1.71 bits per heavy atom. The second-order valence-corrected chi connectivity index (χ2v) is 7.69. The third kappa shape index (κ3) is 8.34. The van der Waals surface area contributed by atoms with Crippen molar-refractivity contribution < 1.29 is 34.2 Å². The first-order chi connectivity index (χ1) is 14.6. The second-order valence-electron chi connectivity index (χ2n) is 7.32. The van der Waals surface area contributed by atoms with Crippen molar-refractivity contribution in [1.82, 2.24) is 15.5 Å². The minimum atomic E-state index is -1.48. The number of carboxylic acids is 2. The molecule has 13 heteroatoms. The van der Waals surface area contributed by atoms with Gasteiger partial charge in [0.1, 0.15) is 18.1 Å². The van der Waals surface area contributed by atoms with Gasteiger partial charge in [0, 0.05) is 12.3 Å². The number of aliphatic carboxylic acids is 2. The van der Waals surface area contributed by atoms with Crippen LogP contribution in [-0.4, -0.2) is 87.8 Å². The molecule has 0 radical (unpaired) electrons. The van der Waals surface area contributed by atoms with Crippen molar-refractivity contribution in [1.29, 1.82) is 0 Å². The molecule has 3 amide bonds. The number of likely N-dealkylation sites (tertiary alicyclic amines) is 1. The number of thiol groups is 1. The molecular formula is C18H31N5O7S. The van der Waals surface area contributed by atoms with Crippen molar-refractivity contribution in [3.63, 3.8) is 0 Å². The van der Waals surface area contributed by atoms with Crippen molar-refractivity contribution in [3.05, 3.63) is 0 Å². The van der Waals surface area contributed by atoms with Crippen LogP contribution in [0.25, 0.3) is 0 Å². The number of nitrogens with two attached hydrogens (primary N) is 2. The van der Waals surface area contributed by atoms with E-state index < -0.39 is 60.2 Å². The summed E-state index contributed by atoms with van der Waals surface area (Å²) in [4.78, 5) is 61.2. The van der Waals surface area contributed by atoms with Gasteiger partial charge in [0.25, 0.3) is 0 Å². The third-order valence-electron chi connectivity index (χ3n) is 4.94. The van der Waals surface area contributed by atoms with Crippen LogP contribution in [0, 0.1) is 0 Å². The molecule has 176 valence electrons. The lowest BCUT2D eigenvalue weighted by atomic mass is 10.1. The summed E-state index contributed by atoms with van der Waals surface area (Å²) in [6, 6.07) is -4.58. The maximum absolute atomic E-state index is 12.8. The van der Waals surface area contributed by atoms with Gasteiger partial charge in [-0.25, -0.2) is 4.79 Å². The Morgan fingerprint density at radius 3 is 2.26 bits per heavy atom. The minimum absolute atomic E-state index is 0.122. The van der Waals surface area contributed by atoms with E-state index in [2.05, 4.69) is 23.3 Å². The zero-order valence-electron chi connectivity index (χ0n) is 17.2. The molecule has 1 heterocycles. The van der Waals surface area contributed by atoms with Gasteiger partial charge in [-0.3, -0.25) is 19.2 Å². The number of nitrogens with zero attached hydrogens (tertiary/aromatic N) is 1. The number of hydrogen-bond donors (Lipinski definition) is 7. The number of amides is 3. The Hall–Kier alpha value is -2.38. The third-order valence-corrected chi connectivity index (χ3v) is 5.30. The molecule has 31 heavy (non-hydrogen) atoms. The second kappa shape index (κ2) is 13.1. The van der Waals surface area contributed by atoms with Crippen LogP contribution in [0.4, 0.5) is 0 Å². The SMILES string of the molecule is NCCCCC(N)C(=O)NC(CS)C(=O)NC(CC(=O)O)C(=O)N1CCCC1C(=O)O. The van der Waals surface area contributed by atoms with E-state index >= 15 is 0 Å². The first kappa shape index (κ1) is 26.7. The van der Waals surface area contributed by atoms with E-state index in [4.69, 9.17) is 16.6 Å². The van der Waals surface area contributed by atoms with Crippen LogP contribution in [-0.2, 0) is 24.0 Å². The summed E-state index contributed by atoms with van der Waals surface area (Å²) < 4.78 is 0. The molecule has 1 aliphatic rings. The van der Waals surface area contributed by atoms with Gasteiger partial charge in [-0.15, -0.1) is 0 Å². The fraction of sp³-hybridized carbons (Fsp3) is 0.722. The van der Waals surface area contributed by atoms with Gasteiger partial charge >= 0.3 is 11.9 Å². The highest BCUT2D eigenvalue weighted by Crippen LogP contribution is 2.19. The predicted octanol–water partition coefficient (Wildman–Crippen LogP) is -2.11. The summed E-state index contributed by atoms with van der Waals surface area (Å²) in [5.41, 5.74) is 11.2. The lowest BCUT2D eigenvalue weighted by molar-refractivity contribution is -0.150. The van der Waals surface area contributed by atoms with E-state index in [1.54, 1.807) is 0 Å². The Balaban J connectivity index is 2.82. The average Bonchev–Trinajstić information content (AvgIpc) is 3.20. The van der Waals surface area contributed by atoms with E-state index in [1.807, 2.05) is 0 Å². The molecule has 12 nitrogen and oxygen atoms in total. The molecular weight excluding hydrogens is 430 g/mol. The molecule has 0 spiro atoms. The molecule has 0 saturated carbocycles. The predicted molar refractivity (Wildman–Crippen MR) is 113 cm³/mol. The molecule has 0 bridgehead atoms. The van der Waals surface area contributed by atoms with E-state index in [-0.39, 0.29) is 18.7 Å². The Kier molecular flexibility index (Phi) is 11.3. The molecule has 0 aromatic carbocycles. The van der Waals surface area contributed by atoms with Crippen LogP contribution < -0.4 is 22.1 Å². The summed E-state index contributed by atoms with van der Waals surface area (Å²) in [5.74, 6) is -4.87. The van der Waals surface area contributed by atoms with Gasteiger partial charge in [0.2, 0.25) is 17.7 Å². The van der Waals surface area contributed by atoms with Gasteiger partial charge in [0.15, 0.2) is 0 Å². The van der Waals surface area contributed by atoms with Crippen LogP contribution >= 0.6 is 12.6 Å². The van der Waals surface area contributed by atoms with Crippen LogP contribution in [0.15, 0.2) is 0 Å². The smallest absolute Gasteiger partial charge is 0.326 e. The molecule has 4 atom stereocenters. The van der Waals surface area contributed by atoms with Gasteiger partial charge in [-0.2, -0.15) is 12.6 Å². The fourth-order valence-electron chi connectivity index (χ4n) is 3.25. The van der Waals surface area contributed by atoms with Gasteiger partial charge < -0.3 is 37.2 Å². The molecule has 0 aromatic heterocycles. The highest BCUT2D eigenvalue weighted by molar-refractivity contribution is 7.80. The van der Waals surface area contributed by atoms with Crippen LogP contribution in [0.5, 0.6) is 0 Å². The lowest BCUT2D eigenvalue weighted by Gasteiger charge is -2.28. The van der Waals surface area contributed by atoms with Crippen molar-refractivity contribution in [3.8, 4) is 0 Å². The Morgan fingerprint density at radius 1 is 1.06 bits per heavy atom. The molecule has 4 unspecified atom stereocenters. The summed E-state index contributed by atoms with van der Waals surface area (Å²) in [7, 11) is 0. The largest absolute Gasteiger partial charge is 0.481 e. The summed E-state index contributed by atoms with van der Waals surface area (Å²) in [6.45, 7) is 0.612. The quantitative estimate of drug-likeness (QED) is 0.118. The lowest BCUT2D eigenvalue weighted by Crippen LogP contribution is -2.58. The fourth-order valence-corrected chi connectivity index (χ4v) is 3.50. The highest BCUT2D eigenvalue weighted by atomic mass is 32.1. The minimum Gasteiger partial charge on any atom is -0.481 e. The van der Waals surface area contributed by atoms with Crippen molar-refractivity contribution in [2.24, 2.45) is 11.5 Å². The molecule has 1 fully saturated rings. The summed E-state index contributed by atoms with van der Waals surface area (Å²) in [6.07, 6.45) is 1.66. The van der Waals surface area contributed by atoms with E-state index in [1.165, 1.54) is 0 Å². The van der Waals surface area contributed by atoms with E-state index in [0.29, 0.717) is 32.2 Å². The maximum Gasteiger partial charge on any atom is 0.326 e. The number of carboxylic acid groups (broad SMARTS) is 2. The number of rotatable bonds is 13. The molecule has 1 saturated heterocycles. The summed E-state index contributed by atoms with van der Waals surface area (Å²) in [5, 5.41) is 23.1. The van der Waals surface area contributed by atoms with Gasteiger partial charge in [-0.1, -0.05) is 6.42 Å². The molecule has 8 N–H and O–H groups in total. The molecule has 0 aromatic rings. The number of hydrogen-bond acceptors (Lipinski definition) is 8. The van der Waals surface area contributed by atoms with Crippen molar-refractivity contribution in [2.75, 3.05) is 18.8 Å². The first-order valence-electron chi connectivity index (χ1n) is 10.0. The molecule has 0 aliphatic carbocycles. The van der Waals surface area contributed by atoms with E-state index in [9.17, 15) is 29.1 Å². The van der Waals surface area contributed by atoms with Crippen molar-refractivity contribution in [2.45, 2.75) is 62.7 Å². The summed E-state index contributed by atoms with van der Waals surface area (Å²) >= 11 is 4.03. The van der Waals surface area contributed by atoms with Crippen molar-refractivity contribution >= 4 is 42.3 Å². The number of carbonyl (C=O) groups excluding carboxylic acids is 3. The standard InChI is InChI=1S/C18H31N5O7S/c19-6-2-1-4-10(20)15(26)22-12(9-31)16(27)21-11(8-14(24)25)17(28)23-7-3-5-13(23)18(29)30/h10-13,31H,1-9,19-20H2,(H,21,27)(H,22,26)(H,24,25)(H,29,30). The topological polar surface area (TPSA) is 205 Å². The monoisotopic (exact) mass is 461 g/mol. The van der Waals surface area contributed by atoms with Gasteiger partial charge in [0.05, 0.1) is 12.5 Å². The number of nitrogens with one attached hydrogen (secondary N) is 2. The maximum atomic E-state index is 12.8. The number of carbonyl (C=O) groups is 5. The van der Waals surface area contributed by atoms with Crippen LogP contribution in [0.3, 0.4) is 0 Å². The normalized spacial score (nSPS) is 18.7. The number of unbranched alkanes of at least 4 members (excludes halogenated alkanes) is 1. The van der Waals surface area contributed by atoms with Crippen LogP contribution in [0.2, 0.25) is 0 Å². The van der Waals surface area contributed by atoms with E-state index in [0.717, 1.165) is 4.90 Å². The Labute approximate surface area is 185 Å². The molecule has 1 rings (SSSR count).